The first-order valence-electron chi connectivity index (χ1n) is 6.65. The molecular weight excluding hydrogens is 256 g/mol. The van der Waals surface area contributed by atoms with E-state index in [0.29, 0.717) is 18.3 Å². The number of rotatable bonds is 5. The number of anilines is 1. The van der Waals surface area contributed by atoms with E-state index in [0.717, 1.165) is 24.4 Å². The second-order valence-electron chi connectivity index (χ2n) is 5.05. The third-order valence-electron chi connectivity index (χ3n) is 3.49. The largest absolute Gasteiger partial charge is 0.478 e. The lowest BCUT2D eigenvalue weighted by Gasteiger charge is -2.23. The van der Waals surface area contributed by atoms with Crippen molar-refractivity contribution in [1.29, 1.82) is 0 Å². The van der Waals surface area contributed by atoms with E-state index < -0.39 is 5.97 Å². The van der Waals surface area contributed by atoms with Crippen LogP contribution in [-0.4, -0.2) is 22.1 Å². The summed E-state index contributed by atoms with van der Waals surface area (Å²) in [6, 6.07) is 7.68. The Labute approximate surface area is 116 Å². The van der Waals surface area contributed by atoms with Crippen LogP contribution in [0.1, 0.15) is 34.7 Å². The maximum atomic E-state index is 11.0. The number of carboxylic acid groups (broad SMARTS) is 1. The molecule has 2 aromatic heterocycles. The van der Waals surface area contributed by atoms with Gasteiger partial charge in [-0.15, -0.1) is 0 Å². The van der Waals surface area contributed by atoms with Crippen molar-refractivity contribution < 1.29 is 14.3 Å². The van der Waals surface area contributed by atoms with Gasteiger partial charge >= 0.3 is 5.97 Å². The molecule has 3 rings (SSSR count). The lowest BCUT2D eigenvalue weighted by molar-refractivity contribution is 0.0695. The number of carboxylic acids is 1. The average molecular weight is 272 g/mol. The summed E-state index contributed by atoms with van der Waals surface area (Å²) >= 11 is 0. The fraction of sp³-hybridized carbons (Fsp3) is 0.333. The van der Waals surface area contributed by atoms with Crippen LogP contribution in [0.3, 0.4) is 0 Å². The molecule has 0 atom stereocenters. The van der Waals surface area contributed by atoms with Crippen molar-refractivity contribution in [3.63, 3.8) is 0 Å². The molecule has 0 bridgehead atoms. The maximum Gasteiger partial charge on any atom is 0.337 e. The highest BCUT2D eigenvalue weighted by Gasteiger charge is 2.31. The zero-order chi connectivity index (χ0) is 14.1. The van der Waals surface area contributed by atoms with E-state index in [-0.39, 0.29) is 5.56 Å². The smallest absolute Gasteiger partial charge is 0.337 e. The van der Waals surface area contributed by atoms with Crippen LogP contribution in [0.15, 0.2) is 34.9 Å². The first kappa shape index (κ1) is 12.7. The summed E-state index contributed by atoms with van der Waals surface area (Å²) < 4.78 is 5.39. The lowest BCUT2D eigenvalue weighted by atomic mass is 10.2. The van der Waals surface area contributed by atoms with E-state index >= 15 is 0 Å². The summed E-state index contributed by atoms with van der Waals surface area (Å²) in [5.41, 5.74) is 0.794. The van der Waals surface area contributed by atoms with Gasteiger partial charge in [0.1, 0.15) is 11.6 Å². The first-order chi connectivity index (χ1) is 9.65. The van der Waals surface area contributed by atoms with Gasteiger partial charge in [-0.3, -0.25) is 0 Å². The predicted molar refractivity (Wildman–Crippen MR) is 73.8 cm³/mol. The molecule has 0 unspecified atom stereocenters. The van der Waals surface area contributed by atoms with Crippen molar-refractivity contribution in [2.75, 3.05) is 4.90 Å². The molecule has 1 aliphatic rings. The van der Waals surface area contributed by atoms with Crippen LogP contribution in [0.4, 0.5) is 5.82 Å². The summed E-state index contributed by atoms with van der Waals surface area (Å²) in [4.78, 5) is 17.7. The molecule has 0 aromatic carbocycles. The van der Waals surface area contributed by atoms with Gasteiger partial charge in [0.2, 0.25) is 0 Å². The van der Waals surface area contributed by atoms with Crippen molar-refractivity contribution in [1.82, 2.24) is 4.98 Å². The molecule has 1 fully saturated rings. The molecule has 5 heteroatoms. The standard InChI is InChI=1S/C15H16N2O3/c1-10-13(15(18)19)6-7-14(16-10)17(11-4-5-11)9-12-3-2-8-20-12/h2-3,6-8,11H,4-5,9H2,1H3,(H,18,19). The van der Waals surface area contributed by atoms with Crippen LogP contribution < -0.4 is 4.90 Å². The number of furan rings is 1. The molecule has 0 saturated heterocycles. The number of nitrogens with zero attached hydrogens (tertiary/aromatic N) is 2. The van der Waals surface area contributed by atoms with Gasteiger partial charge in [-0.1, -0.05) is 0 Å². The van der Waals surface area contributed by atoms with E-state index in [1.165, 1.54) is 0 Å². The van der Waals surface area contributed by atoms with Crippen LogP contribution in [0.5, 0.6) is 0 Å². The molecule has 2 heterocycles. The molecule has 0 radical (unpaired) electrons. The molecule has 0 amide bonds. The summed E-state index contributed by atoms with van der Waals surface area (Å²) in [5.74, 6) is 0.760. The van der Waals surface area contributed by atoms with E-state index in [9.17, 15) is 4.79 Å². The van der Waals surface area contributed by atoms with E-state index in [4.69, 9.17) is 9.52 Å². The Bertz CT molecular complexity index is 618. The van der Waals surface area contributed by atoms with Crippen molar-refractivity contribution in [3.05, 3.63) is 47.5 Å². The van der Waals surface area contributed by atoms with Gasteiger partial charge in [-0.2, -0.15) is 0 Å². The highest BCUT2D eigenvalue weighted by Crippen LogP contribution is 2.32. The molecule has 0 aliphatic heterocycles. The van der Waals surface area contributed by atoms with Crippen molar-refractivity contribution in [2.45, 2.75) is 32.4 Å². The Morgan fingerprint density at radius 3 is 2.80 bits per heavy atom. The van der Waals surface area contributed by atoms with Gasteiger partial charge in [-0.25, -0.2) is 9.78 Å². The second kappa shape index (κ2) is 5.00. The minimum absolute atomic E-state index is 0.252. The number of pyridine rings is 1. The molecule has 1 aliphatic carbocycles. The van der Waals surface area contributed by atoms with Gasteiger partial charge in [0.05, 0.1) is 24.1 Å². The molecule has 5 nitrogen and oxygen atoms in total. The Hall–Kier alpha value is -2.30. The number of aromatic nitrogens is 1. The van der Waals surface area contributed by atoms with Crippen molar-refractivity contribution in [2.24, 2.45) is 0 Å². The van der Waals surface area contributed by atoms with Crippen LogP contribution in [-0.2, 0) is 6.54 Å². The Balaban J connectivity index is 1.88. The summed E-state index contributed by atoms with van der Waals surface area (Å²) in [6.07, 6.45) is 3.94. The van der Waals surface area contributed by atoms with Crippen LogP contribution in [0, 0.1) is 6.92 Å². The Kier molecular flexibility index (Phi) is 3.18. The molecule has 20 heavy (non-hydrogen) atoms. The topological polar surface area (TPSA) is 66.6 Å². The third-order valence-corrected chi connectivity index (χ3v) is 3.49. The first-order valence-corrected chi connectivity index (χ1v) is 6.65. The maximum absolute atomic E-state index is 11.0. The second-order valence-corrected chi connectivity index (χ2v) is 5.05. The monoisotopic (exact) mass is 272 g/mol. The van der Waals surface area contributed by atoms with Crippen molar-refractivity contribution >= 4 is 11.8 Å². The van der Waals surface area contributed by atoms with E-state index in [2.05, 4.69) is 9.88 Å². The van der Waals surface area contributed by atoms with E-state index in [1.54, 1.807) is 25.3 Å². The molecule has 0 spiro atoms. The number of carbonyl (C=O) groups is 1. The quantitative estimate of drug-likeness (QED) is 0.906. The summed E-state index contributed by atoms with van der Waals surface area (Å²) in [7, 11) is 0. The fourth-order valence-electron chi connectivity index (χ4n) is 2.29. The van der Waals surface area contributed by atoms with Gasteiger partial charge in [0, 0.05) is 6.04 Å². The van der Waals surface area contributed by atoms with Crippen LogP contribution in [0.25, 0.3) is 0 Å². The Morgan fingerprint density at radius 1 is 1.45 bits per heavy atom. The normalized spacial score (nSPS) is 14.2. The van der Waals surface area contributed by atoms with Gasteiger partial charge in [0.25, 0.3) is 0 Å². The number of hydrogen-bond acceptors (Lipinski definition) is 4. The van der Waals surface area contributed by atoms with E-state index in [1.807, 2.05) is 12.1 Å². The Morgan fingerprint density at radius 2 is 2.25 bits per heavy atom. The van der Waals surface area contributed by atoms with Crippen molar-refractivity contribution in [3.8, 4) is 0 Å². The minimum Gasteiger partial charge on any atom is -0.478 e. The van der Waals surface area contributed by atoms with Gasteiger partial charge < -0.3 is 14.4 Å². The molecule has 1 saturated carbocycles. The lowest BCUT2D eigenvalue weighted by Crippen LogP contribution is -2.26. The zero-order valence-corrected chi connectivity index (χ0v) is 11.2. The molecular formula is C15H16N2O3. The number of aryl methyl sites for hydroxylation is 1. The SMILES string of the molecule is Cc1nc(N(Cc2ccco2)C2CC2)ccc1C(=O)O. The minimum atomic E-state index is -0.939. The van der Waals surface area contributed by atoms with Gasteiger partial charge in [-0.05, 0) is 44.0 Å². The fourth-order valence-corrected chi connectivity index (χ4v) is 2.29. The highest BCUT2D eigenvalue weighted by atomic mass is 16.4. The molecule has 1 N–H and O–H groups in total. The summed E-state index contributed by atoms with van der Waals surface area (Å²) in [5, 5.41) is 9.06. The predicted octanol–water partition coefficient (Wildman–Crippen LogP) is 2.85. The zero-order valence-electron chi connectivity index (χ0n) is 11.2. The van der Waals surface area contributed by atoms with Crippen LogP contribution >= 0.6 is 0 Å². The highest BCUT2D eigenvalue weighted by molar-refractivity contribution is 5.89. The summed E-state index contributed by atoms with van der Waals surface area (Å²) in [6.45, 7) is 2.39. The van der Waals surface area contributed by atoms with Crippen LogP contribution in [0.2, 0.25) is 0 Å². The average Bonchev–Trinajstić information content (AvgIpc) is 3.12. The third kappa shape index (κ3) is 2.52. The number of aromatic carboxylic acids is 1. The van der Waals surface area contributed by atoms with Gasteiger partial charge in [0.15, 0.2) is 0 Å². The molecule has 104 valence electrons. The number of hydrogen-bond donors (Lipinski definition) is 1. The molecule has 2 aromatic rings.